The maximum absolute atomic E-state index is 12.5. The molecule has 2 aromatic rings. The number of aryl methyl sites for hydroxylation is 1. The third-order valence-corrected chi connectivity index (χ3v) is 4.14. The zero-order valence-corrected chi connectivity index (χ0v) is 14.8. The van der Waals surface area contributed by atoms with Crippen LogP contribution in [0.2, 0.25) is 0 Å². The fourth-order valence-corrected chi connectivity index (χ4v) is 2.79. The van der Waals surface area contributed by atoms with E-state index >= 15 is 0 Å². The van der Waals surface area contributed by atoms with E-state index < -0.39 is 6.04 Å². The Labute approximate surface area is 145 Å². The number of carbonyl (C=O) groups is 1. The first-order chi connectivity index (χ1) is 11.5. The number of carbonyl (C=O) groups excluding carboxylic acids is 1. The fourth-order valence-electron chi connectivity index (χ4n) is 2.79. The highest BCUT2D eigenvalue weighted by Crippen LogP contribution is 2.19. The van der Waals surface area contributed by atoms with Crippen molar-refractivity contribution in [2.45, 2.75) is 45.7 Å². The van der Waals surface area contributed by atoms with Crippen molar-refractivity contribution in [3.8, 4) is 0 Å². The minimum atomic E-state index is -0.464. The summed E-state index contributed by atoms with van der Waals surface area (Å²) in [5.41, 5.74) is 9.58. The van der Waals surface area contributed by atoms with Crippen molar-refractivity contribution in [3.63, 3.8) is 0 Å². The third kappa shape index (κ3) is 5.50. The second kappa shape index (κ2) is 8.65. The Morgan fingerprint density at radius 3 is 2.25 bits per heavy atom. The average Bonchev–Trinajstić information content (AvgIpc) is 2.56. The fraction of sp³-hybridized carbons (Fsp3) is 0.381. The predicted molar refractivity (Wildman–Crippen MR) is 99.6 cm³/mol. The molecule has 0 saturated heterocycles. The lowest BCUT2D eigenvalue weighted by atomic mass is 9.97. The topological polar surface area (TPSA) is 55.1 Å². The largest absolute Gasteiger partial charge is 0.348 e. The molecule has 0 bridgehead atoms. The second-order valence-electron chi connectivity index (χ2n) is 6.90. The molecule has 0 aliphatic rings. The van der Waals surface area contributed by atoms with Gasteiger partial charge in [-0.2, -0.15) is 0 Å². The zero-order chi connectivity index (χ0) is 17.5. The number of nitrogens with one attached hydrogen (secondary N) is 1. The van der Waals surface area contributed by atoms with E-state index in [1.54, 1.807) is 0 Å². The molecule has 0 saturated carbocycles. The Balaban J connectivity index is 2.14. The molecule has 3 N–H and O–H groups in total. The molecule has 0 heterocycles. The van der Waals surface area contributed by atoms with Gasteiger partial charge < -0.3 is 11.1 Å². The first kappa shape index (κ1) is 18.2. The third-order valence-electron chi connectivity index (χ3n) is 4.14. The van der Waals surface area contributed by atoms with E-state index in [-0.39, 0.29) is 11.9 Å². The molecule has 0 aromatic heterocycles. The minimum absolute atomic E-state index is 0.0698. The minimum Gasteiger partial charge on any atom is -0.348 e. The predicted octanol–water partition coefficient (Wildman–Crippen LogP) is 3.77. The van der Waals surface area contributed by atoms with Crippen molar-refractivity contribution in [2.75, 3.05) is 0 Å². The van der Waals surface area contributed by atoms with Crippen molar-refractivity contribution >= 4 is 5.91 Å². The van der Waals surface area contributed by atoms with Gasteiger partial charge in [0.2, 0.25) is 5.91 Å². The van der Waals surface area contributed by atoms with Crippen molar-refractivity contribution < 1.29 is 4.79 Å². The van der Waals surface area contributed by atoms with Crippen LogP contribution in [0.5, 0.6) is 0 Å². The number of rotatable bonds is 7. The van der Waals surface area contributed by atoms with Gasteiger partial charge in [-0.25, -0.2) is 0 Å². The summed E-state index contributed by atoms with van der Waals surface area (Å²) in [7, 11) is 0. The van der Waals surface area contributed by atoms with Gasteiger partial charge in [0, 0.05) is 0 Å². The van der Waals surface area contributed by atoms with E-state index in [4.69, 9.17) is 5.73 Å². The maximum Gasteiger partial charge on any atom is 0.237 e. The molecule has 3 nitrogen and oxygen atoms in total. The summed E-state index contributed by atoms with van der Waals surface area (Å²) >= 11 is 0. The van der Waals surface area contributed by atoms with Gasteiger partial charge in [-0.1, -0.05) is 74.0 Å². The van der Waals surface area contributed by atoms with Crippen molar-refractivity contribution in [3.05, 3.63) is 71.3 Å². The van der Waals surface area contributed by atoms with E-state index in [1.807, 2.05) is 30.3 Å². The van der Waals surface area contributed by atoms with E-state index in [0.717, 1.165) is 12.0 Å². The van der Waals surface area contributed by atoms with Gasteiger partial charge in [0.1, 0.15) is 0 Å². The molecule has 24 heavy (non-hydrogen) atoms. The molecule has 3 heteroatoms. The molecule has 2 atom stereocenters. The van der Waals surface area contributed by atoms with Crippen LogP contribution in [0.25, 0.3) is 0 Å². The Morgan fingerprint density at radius 2 is 1.67 bits per heavy atom. The molecular formula is C21H28N2O. The number of amides is 1. The molecular weight excluding hydrogens is 296 g/mol. The molecule has 0 unspecified atom stereocenters. The summed E-state index contributed by atoms with van der Waals surface area (Å²) in [5, 5.41) is 3.14. The Hall–Kier alpha value is -2.13. The van der Waals surface area contributed by atoms with E-state index in [2.05, 4.69) is 50.4 Å². The van der Waals surface area contributed by atoms with Crippen LogP contribution in [0, 0.1) is 12.8 Å². The SMILES string of the molecule is Cc1ccc(C[C@H](NC(=O)[C@@H](N)CC(C)C)c2ccccc2)cc1. The molecule has 1 amide bonds. The van der Waals surface area contributed by atoms with Gasteiger partial charge in [0.25, 0.3) is 0 Å². The lowest BCUT2D eigenvalue weighted by molar-refractivity contribution is -0.123. The van der Waals surface area contributed by atoms with Crippen molar-refractivity contribution in [1.82, 2.24) is 5.32 Å². The number of hydrogen-bond donors (Lipinski definition) is 2. The highest BCUT2D eigenvalue weighted by atomic mass is 16.2. The number of benzene rings is 2. The monoisotopic (exact) mass is 324 g/mol. The highest BCUT2D eigenvalue weighted by molar-refractivity contribution is 5.81. The molecule has 0 radical (unpaired) electrons. The van der Waals surface area contributed by atoms with E-state index in [9.17, 15) is 4.79 Å². The van der Waals surface area contributed by atoms with Gasteiger partial charge in [-0.15, -0.1) is 0 Å². The van der Waals surface area contributed by atoms with Gasteiger partial charge in [0.05, 0.1) is 12.1 Å². The quantitative estimate of drug-likeness (QED) is 0.814. The van der Waals surface area contributed by atoms with Crippen molar-refractivity contribution in [1.29, 1.82) is 0 Å². The molecule has 0 fully saturated rings. The van der Waals surface area contributed by atoms with Crippen LogP contribution in [0.1, 0.15) is 43.0 Å². The van der Waals surface area contributed by atoms with Crippen LogP contribution < -0.4 is 11.1 Å². The average molecular weight is 324 g/mol. The molecule has 2 aromatic carbocycles. The van der Waals surface area contributed by atoms with E-state index in [0.29, 0.717) is 12.3 Å². The van der Waals surface area contributed by atoms with Crippen LogP contribution in [-0.2, 0) is 11.2 Å². The molecule has 0 aliphatic carbocycles. The molecule has 0 aliphatic heterocycles. The first-order valence-corrected chi connectivity index (χ1v) is 8.62. The maximum atomic E-state index is 12.5. The lowest BCUT2D eigenvalue weighted by Gasteiger charge is -2.22. The van der Waals surface area contributed by atoms with Crippen LogP contribution in [0.4, 0.5) is 0 Å². The van der Waals surface area contributed by atoms with Gasteiger partial charge in [-0.05, 0) is 36.8 Å². The normalized spacial score (nSPS) is 13.5. The smallest absolute Gasteiger partial charge is 0.237 e. The lowest BCUT2D eigenvalue weighted by Crippen LogP contribution is -2.43. The summed E-state index contributed by atoms with van der Waals surface area (Å²) < 4.78 is 0. The van der Waals surface area contributed by atoms with Crippen LogP contribution in [-0.4, -0.2) is 11.9 Å². The van der Waals surface area contributed by atoms with Gasteiger partial charge >= 0.3 is 0 Å². The standard InChI is InChI=1S/C21H28N2O/c1-15(2)13-19(22)21(24)23-20(18-7-5-4-6-8-18)14-17-11-9-16(3)10-12-17/h4-12,15,19-20H,13-14,22H2,1-3H3,(H,23,24)/t19-,20-/m0/s1. The van der Waals surface area contributed by atoms with Crippen LogP contribution in [0.15, 0.2) is 54.6 Å². The Morgan fingerprint density at radius 1 is 1.04 bits per heavy atom. The number of hydrogen-bond acceptors (Lipinski definition) is 2. The summed E-state index contributed by atoms with van der Waals surface area (Å²) in [5.74, 6) is 0.322. The Kier molecular flexibility index (Phi) is 6.56. The van der Waals surface area contributed by atoms with Crippen molar-refractivity contribution in [2.24, 2.45) is 11.7 Å². The second-order valence-corrected chi connectivity index (χ2v) is 6.90. The highest BCUT2D eigenvalue weighted by Gasteiger charge is 2.20. The summed E-state index contributed by atoms with van der Waals surface area (Å²) in [6, 6.07) is 18.0. The molecule has 128 valence electrons. The van der Waals surface area contributed by atoms with Crippen LogP contribution >= 0.6 is 0 Å². The summed E-state index contributed by atoms with van der Waals surface area (Å²) in [6.07, 6.45) is 1.45. The van der Waals surface area contributed by atoms with Gasteiger partial charge in [-0.3, -0.25) is 4.79 Å². The summed E-state index contributed by atoms with van der Waals surface area (Å²) in [4.78, 5) is 12.5. The Bertz CT molecular complexity index is 635. The number of nitrogens with two attached hydrogens (primary N) is 1. The van der Waals surface area contributed by atoms with E-state index in [1.165, 1.54) is 11.1 Å². The molecule has 2 rings (SSSR count). The molecule has 0 spiro atoms. The van der Waals surface area contributed by atoms with Crippen LogP contribution in [0.3, 0.4) is 0 Å². The summed E-state index contributed by atoms with van der Waals surface area (Å²) in [6.45, 7) is 6.23. The van der Waals surface area contributed by atoms with Gasteiger partial charge in [0.15, 0.2) is 0 Å². The zero-order valence-electron chi connectivity index (χ0n) is 14.8. The first-order valence-electron chi connectivity index (χ1n) is 8.62.